The van der Waals surface area contributed by atoms with Crippen molar-refractivity contribution in [2.75, 3.05) is 13.2 Å². The smallest absolute Gasteiger partial charge is 0.119 e. The molecule has 2 atom stereocenters. The minimum atomic E-state index is 0.549. The topological polar surface area (TPSA) is 21.3 Å². The first-order chi connectivity index (χ1) is 9.24. The van der Waals surface area contributed by atoms with Gasteiger partial charge in [0.05, 0.1) is 6.61 Å². The fourth-order valence-corrected chi connectivity index (χ4v) is 2.96. The average Bonchev–Trinajstić information content (AvgIpc) is 2.80. The van der Waals surface area contributed by atoms with Gasteiger partial charge in [-0.1, -0.05) is 33.3 Å². The summed E-state index contributed by atoms with van der Waals surface area (Å²) in [6.07, 6.45) is 4.88. The van der Waals surface area contributed by atoms with Crippen LogP contribution in [0.25, 0.3) is 0 Å². The third kappa shape index (κ3) is 3.73. The van der Waals surface area contributed by atoms with Gasteiger partial charge in [-0.05, 0) is 55.0 Å². The van der Waals surface area contributed by atoms with E-state index in [1.807, 2.05) is 0 Å². The summed E-state index contributed by atoms with van der Waals surface area (Å²) in [6, 6.07) is 7.17. The van der Waals surface area contributed by atoms with Crippen molar-refractivity contribution in [2.45, 2.75) is 52.5 Å². The molecule has 0 radical (unpaired) electrons. The SMILES string of the molecule is CCCC(C)COc1ccc2c(c1)CCC2NCC. The zero-order valence-corrected chi connectivity index (χ0v) is 12.5. The normalized spacial score (nSPS) is 19.2. The lowest BCUT2D eigenvalue weighted by molar-refractivity contribution is 0.251. The number of rotatable bonds is 7. The number of benzene rings is 1. The molecule has 106 valence electrons. The van der Waals surface area contributed by atoms with Crippen LogP contribution in [0.1, 0.15) is 57.2 Å². The molecule has 2 heteroatoms. The van der Waals surface area contributed by atoms with Crippen molar-refractivity contribution in [3.63, 3.8) is 0 Å². The molecular weight excluding hydrogens is 234 g/mol. The molecule has 0 spiro atoms. The van der Waals surface area contributed by atoms with E-state index >= 15 is 0 Å². The average molecular weight is 261 g/mol. The van der Waals surface area contributed by atoms with Gasteiger partial charge in [0.25, 0.3) is 0 Å². The maximum Gasteiger partial charge on any atom is 0.119 e. The van der Waals surface area contributed by atoms with E-state index in [2.05, 4.69) is 44.3 Å². The highest BCUT2D eigenvalue weighted by atomic mass is 16.5. The number of nitrogens with one attached hydrogen (secondary N) is 1. The van der Waals surface area contributed by atoms with Gasteiger partial charge in [0.2, 0.25) is 0 Å². The van der Waals surface area contributed by atoms with Crippen molar-refractivity contribution in [1.82, 2.24) is 5.32 Å². The van der Waals surface area contributed by atoms with Gasteiger partial charge in [-0.3, -0.25) is 0 Å². The zero-order valence-electron chi connectivity index (χ0n) is 12.5. The molecule has 2 nitrogen and oxygen atoms in total. The third-order valence-electron chi connectivity index (χ3n) is 3.96. The number of fused-ring (bicyclic) bond motifs is 1. The Morgan fingerprint density at radius 3 is 2.95 bits per heavy atom. The molecule has 2 unspecified atom stereocenters. The van der Waals surface area contributed by atoms with Gasteiger partial charge in [0.1, 0.15) is 5.75 Å². The van der Waals surface area contributed by atoms with Crippen molar-refractivity contribution >= 4 is 0 Å². The van der Waals surface area contributed by atoms with Crippen LogP contribution in [0.4, 0.5) is 0 Å². The van der Waals surface area contributed by atoms with E-state index in [0.29, 0.717) is 12.0 Å². The lowest BCUT2D eigenvalue weighted by Gasteiger charge is -2.15. The Kier molecular flexibility index (Phi) is 5.26. The second-order valence-corrected chi connectivity index (χ2v) is 5.71. The maximum absolute atomic E-state index is 5.92. The first kappa shape index (κ1) is 14.4. The monoisotopic (exact) mass is 261 g/mol. The van der Waals surface area contributed by atoms with Crippen molar-refractivity contribution in [2.24, 2.45) is 5.92 Å². The Balaban J connectivity index is 1.95. The Bertz CT molecular complexity index is 402. The highest BCUT2D eigenvalue weighted by Gasteiger charge is 2.21. The van der Waals surface area contributed by atoms with Crippen LogP contribution < -0.4 is 10.1 Å². The van der Waals surface area contributed by atoms with E-state index < -0.39 is 0 Å². The van der Waals surface area contributed by atoms with Crippen molar-refractivity contribution in [3.05, 3.63) is 29.3 Å². The molecule has 0 saturated carbocycles. The first-order valence-electron chi connectivity index (χ1n) is 7.73. The quantitative estimate of drug-likeness (QED) is 0.798. The summed E-state index contributed by atoms with van der Waals surface area (Å²) in [6.45, 7) is 8.54. The Morgan fingerprint density at radius 2 is 2.21 bits per heavy atom. The second kappa shape index (κ2) is 6.95. The molecule has 1 aliphatic rings. The third-order valence-corrected chi connectivity index (χ3v) is 3.96. The van der Waals surface area contributed by atoms with Gasteiger partial charge >= 0.3 is 0 Å². The summed E-state index contributed by atoms with van der Waals surface area (Å²) in [4.78, 5) is 0. The second-order valence-electron chi connectivity index (χ2n) is 5.71. The van der Waals surface area contributed by atoms with E-state index in [-0.39, 0.29) is 0 Å². The highest BCUT2D eigenvalue weighted by Crippen LogP contribution is 2.33. The Hall–Kier alpha value is -1.02. The molecule has 0 aromatic heterocycles. The van der Waals surface area contributed by atoms with Crippen molar-refractivity contribution in [1.29, 1.82) is 0 Å². The molecule has 1 aromatic carbocycles. The molecule has 19 heavy (non-hydrogen) atoms. The predicted octanol–water partition coefficient (Wildman–Crippen LogP) is 4.10. The van der Waals surface area contributed by atoms with Crippen LogP contribution in [0, 0.1) is 5.92 Å². The lowest BCUT2D eigenvalue weighted by atomic mass is 10.1. The van der Waals surface area contributed by atoms with Crippen LogP contribution in [0.2, 0.25) is 0 Å². The molecule has 0 bridgehead atoms. The van der Waals surface area contributed by atoms with E-state index in [9.17, 15) is 0 Å². The van der Waals surface area contributed by atoms with Gasteiger partial charge in [0, 0.05) is 6.04 Å². The molecule has 0 saturated heterocycles. The Morgan fingerprint density at radius 1 is 1.37 bits per heavy atom. The van der Waals surface area contributed by atoms with Crippen molar-refractivity contribution in [3.8, 4) is 5.75 Å². The molecule has 1 aromatic rings. The van der Waals surface area contributed by atoms with Crippen LogP contribution >= 0.6 is 0 Å². The van der Waals surface area contributed by atoms with E-state index in [1.165, 1.54) is 36.8 Å². The van der Waals surface area contributed by atoms with Crippen LogP contribution in [0.5, 0.6) is 5.75 Å². The summed E-state index contributed by atoms with van der Waals surface area (Å²) < 4.78 is 5.92. The highest BCUT2D eigenvalue weighted by molar-refractivity contribution is 5.40. The zero-order chi connectivity index (χ0) is 13.7. The van der Waals surface area contributed by atoms with E-state index in [1.54, 1.807) is 0 Å². The lowest BCUT2D eigenvalue weighted by Crippen LogP contribution is -2.18. The Labute approximate surface area is 117 Å². The van der Waals surface area contributed by atoms with Crippen LogP contribution in [-0.4, -0.2) is 13.2 Å². The summed E-state index contributed by atoms with van der Waals surface area (Å²) in [5.41, 5.74) is 2.93. The number of hydrogen-bond donors (Lipinski definition) is 1. The van der Waals surface area contributed by atoms with Crippen LogP contribution in [0.3, 0.4) is 0 Å². The van der Waals surface area contributed by atoms with Gasteiger partial charge < -0.3 is 10.1 Å². The summed E-state index contributed by atoms with van der Waals surface area (Å²) >= 11 is 0. The van der Waals surface area contributed by atoms with Crippen LogP contribution in [-0.2, 0) is 6.42 Å². The molecular formula is C17H27NO. The summed E-state index contributed by atoms with van der Waals surface area (Å²) in [7, 11) is 0. The van der Waals surface area contributed by atoms with Gasteiger partial charge in [0.15, 0.2) is 0 Å². The van der Waals surface area contributed by atoms with Gasteiger partial charge in [-0.25, -0.2) is 0 Å². The molecule has 1 N–H and O–H groups in total. The van der Waals surface area contributed by atoms with Gasteiger partial charge in [-0.2, -0.15) is 0 Å². The molecule has 0 aliphatic heterocycles. The first-order valence-corrected chi connectivity index (χ1v) is 7.73. The molecule has 2 rings (SSSR count). The van der Waals surface area contributed by atoms with Gasteiger partial charge in [-0.15, -0.1) is 0 Å². The summed E-state index contributed by atoms with van der Waals surface area (Å²) in [5.74, 6) is 1.69. The number of hydrogen-bond acceptors (Lipinski definition) is 2. The molecule has 0 fully saturated rings. The fourth-order valence-electron chi connectivity index (χ4n) is 2.96. The minimum absolute atomic E-state index is 0.549. The van der Waals surface area contributed by atoms with E-state index in [0.717, 1.165) is 18.9 Å². The molecule has 1 aliphatic carbocycles. The summed E-state index contributed by atoms with van der Waals surface area (Å²) in [5, 5.41) is 3.55. The molecule has 0 heterocycles. The van der Waals surface area contributed by atoms with Crippen molar-refractivity contribution < 1.29 is 4.74 Å². The standard InChI is InChI=1S/C17H27NO/c1-4-6-13(3)12-19-15-8-9-16-14(11-15)7-10-17(16)18-5-2/h8-9,11,13,17-18H,4-7,10,12H2,1-3H3. The fraction of sp³-hybridized carbons (Fsp3) is 0.647. The van der Waals surface area contributed by atoms with E-state index in [4.69, 9.17) is 4.74 Å². The number of aryl methyl sites for hydroxylation is 1. The minimum Gasteiger partial charge on any atom is -0.493 e. The largest absolute Gasteiger partial charge is 0.493 e. The molecule has 0 amide bonds. The predicted molar refractivity (Wildman–Crippen MR) is 80.7 cm³/mol. The van der Waals surface area contributed by atoms with Crippen LogP contribution in [0.15, 0.2) is 18.2 Å². The number of ether oxygens (including phenoxy) is 1. The maximum atomic E-state index is 5.92.